The minimum atomic E-state index is -0.412. The van der Waals surface area contributed by atoms with E-state index in [4.69, 9.17) is 10.5 Å². The number of carbonyl (C=O) groups is 1. The molecule has 4 heteroatoms. The van der Waals surface area contributed by atoms with Gasteiger partial charge in [0.25, 0.3) is 0 Å². The molecule has 0 aromatic rings. The van der Waals surface area contributed by atoms with Crippen molar-refractivity contribution in [2.75, 3.05) is 6.54 Å². The van der Waals surface area contributed by atoms with Crippen molar-refractivity contribution in [2.24, 2.45) is 11.7 Å². The van der Waals surface area contributed by atoms with Crippen LogP contribution in [0.5, 0.6) is 0 Å². The lowest BCUT2D eigenvalue weighted by Crippen LogP contribution is -2.51. The zero-order valence-electron chi connectivity index (χ0n) is 12.0. The maximum Gasteiger partial charge on any atom is 0.410 e. The van der Waals surface area contributed by atoms with E-state index in [1.807, 2.05) is 25.7 Å². The minimum absolute atomic E-state index is 0.0683. The first-order valence-electron chi connectivity index (χ1n) is 7.00. The Morgan fingerprint density at radius 2 is 2.06 bits per heavy atom. The molecule has 0 aromatic heterocycles. The summed E-state index contributed by atoms with van der Waals surface area (Å²) < 4.78 is 5.50. The molecule has 2 fully saturated rings. The SMILES string of the molecule is CC(N)C1CCN(C(=O)OC(C)(C)C)C2(CC2)C1. The summed E-state index contributed by atoms with van der Waals surface area (Å²) in [6, 6.07) is 0.225. The van der Waals surface area contributed by atoms with Gasteiger partial charge in [0.05, 0.1) is 0 Å². The van der Waals surface area contributed by atoms with Gasteiger partial charge < -0.3 is 15.4 Å². The fourth-order valence-electron chi connectivity index (χ4n) is 2.90. The summed E-state index contributed by atoms with van der Waals surface area (Å²) in [6.45, 7) is 8.61. The van der Waals surface area contributed by atoms with Crippen LogP contribution in [0.4, 0.5) is 4.79 Å². The molecule has 0 radical (unpaired) electrons. The Hall–Kier alpha value is -0.770. The van der Waals surface area contributed by atoms with Gasteiger partial charge >= 0.3 is 6.09 Å². The number of nitrogens with zero attached hydrogens (tertiary/aromatic N) is 1. The maximum absolute atomic E-state index is 12.2. The Morgan fingerprint density at radius 3 is 2.50 bits per heavy atom. The van der Waals surface area contributed by atoms with Crippen molar-refractivity contribution in [1.29, 1.82) is 0 Å². The first-order valence-corrected chi connectivity index (χ1v) is 7.00. The van der Waals surface area contributed by atoms with Crippen LogP contribution in [0.1, 0.15) is 53.4 Å². The van der Waals surface area contributed by atoms with E-state index in [9.17, 15) is 4.79 Å². The summed E-state index contributed by atoms with van der Waals surface area (Å²) >= 11 is 0. The van der Waals surface area contributed by atoms with E-state index >= 15 is 0 Å². The van der Waals surface area contributed by atoms with Gasteiger partial charge in [-0.05, 0) is 59.3 Å². The highest BCUT2D eigenvalue weighted by Crippen LogP contribution is 2.50. The van der Waals surface area contributed by atoms with E-state index in [0.29, 0.717) is 5.92 Å². The number of amides is 1. The van der Waals surface area contributed by atoms with Gasteiger partial charge in [0.2, 0.25) is 0 Å². The summed E-state index contributed by atoms with van der Waals surface area (Å²) in [7, 11) is 0. The second-order valence-corrected chi connectivity index (χ2v) is 6.97. The van der Waals surface area contributed by atoms with Crippen LogP contribution >= 0.6 is 0 Å². The van der Waals surface area contributed by atoms with Crippen molar-refractivity contribution < 1.29 is 9.53 Å². The van der Waals surface area contributed by atoms with E-state index in [0.717, 1.165) is 32.2 Å². The Kier molecular flexibility index (Phi) is 3.34. The van der Waals surface area contributed by atoms with Crippen LogP contribution in [0.15, 0.2) is 0 Å². The molecule has 0 aromatic carbocycles. The summed E-state index contributed by atoms with van der Waals surface area (Å²) in [6.07, 6.45) is 4.11. The van der Waals surface area contributed by atoms with Gasteiger partial charge in [0.1, 0.15) is 5.60 Å². The third-order valence-electron chi connectivity index (χ3n) is 4.12. The van der Waals surface area contributed by atoms with Crippen molar-refractivity contribution in [3.05, 3.63) is 0 Å². The second kappa shape index (κ2) is 4.41. The highest BCUT2D eigenvalue weighted by molar-refractivity contribution is 5.70. The lowest BCUT2D eigenvalue weighted by Gasteiger charge is -2.41. The molecule has 2 N–H and O–H groups in total. The largest absolute Gasteiger partial charge is 0.444 e. The lowest BCUT2D eigenvalue weighted by molar-refractivity contribution is -0.00156. The molecule has 4 nitrogen and oxygen atoms in total. The number of likely N-dealkylation sites (tertiary alicyclic amines) is 1. The van der Waals surface area contributed by atoms with Gasteiger partial charge in [0.15, 0.2) is 0 Å². The average molecular weight is 254 g/mol. The molecule has 0 bridgehead atoms. The van der Waals surface area contributed by atoms with Crippen molar-refractivity contribution in [3.8, 4) is 0 Å². The van der Waals surface area contributed by atoms with Crippen molar-refractivity contribution in [3.63, 3.8) is 0 Å². The van der Waals surface area contributed by atoms with Crippen LogP contribution in [0.3, 0.4) is 0 Å². The first kappa shape index (κ1) is 13.7. The summed E-state index contributed by atoms with van der Waals surface area (Å²) in [4.78, 5) is 14.2. The average Bonchev–Trinajstić information content (AvgIpc) is 2.95. The fourth-order valence-corrected chi connectivity index (χ4v) is 2.90. The molecule has 18 heavy (non-hydrogen) atoms. The number of nitrogens with two attached hydrogens (primary N) is 1. The van der Waals surface area contributed by atoms with Crippen LogP contribution in [-0.2, 0) is 4.74 Å². The summed E-state index contributed by atoms with van der Waals surface area (Å²) in [5, 5.41) is 0. The lowest BCUT2D eigenvalue weighted by atomic mass is 9.85. The molecule has 1 spiro atoms. The van der Waals surface area contributed by atoms with Crippen LogP contribution < -0.4 is 5.73 Å². The van der Waals surface area contributed by atoms with Gasteiger partial charge in [0, 0.05) is 18.1 Å². The number of hydrogen-bond donors (Lipinski definition) is 1. The quantitative estimate of drug-likeness (QED) is 0.782. The second-order valence-electron chi connectivity index (χ2n) is 6.97. The zero-order chi connectivity index (χ0) is 13.6. The molecule has 1 saturated carbocycles. The molecule has 1 amide bonds. The first-order chi connectivity index (χ1) is 8.23. The minimum Gasteiger partial charge on any atom is -0.444 e. The Bertz CT molecular complexity index is 329. The monoisotopic (exact) mass is 254 g/mol. The summed E-state index contributed by atoms with van der Waals surface area (Å²) in [5.74, 6) is 0.547. The zero-order valence-corrected chi connectivity index (χ0v) is 12.0. The third-order valence-corrected chi connectivity index (χ3v) is 4.12. The van der Waals surface area contributed by atoms with E-state index in [-0.39, 0.29) is 17.7 Å². The van der Waals surface area contributed by atoms with Crippen LogP contribution in [0.25, 0.3) is 0 Å². The van der Waals surface area contributed by atoms with Gasteiger partial charge in [-0.15, -0.1) is 0 Å². The molecule has 104 valence electrons. The molecule has 1 saturated heterocycles. The summed E-state index contributed by atoms with van der Waals surface area (Å²) in [5.41, 5.74) is 5.66. The number of carbonyl (C=O) groups excluding carboxylic acids is 1. The Balaban J connectivity index is 2.01. The van der Waals surface area contributed by atoms with E-state index in [1.54, 1.807) is 0 Å². The predicted octanol–water partition coefficient (Wildman–Crippen LogP) is 2.51. The van der Waals surface area contributed by atoms with Gasteiger partial charge in [-0.3, -0.25) is 0 Å². The van der Waals surface area contributed by atoms with Crippen LogP contribution in [-0.4, -0.2) is 34.7 Å². The van der Waals surface area contributed by atoms with Crippen LogP contribution in [0.2, 0.25) is 0 Å². The maximum atomic E-state index is 12.2. The van der Waals surface area contributed by atoms with Crippen molar-refractivity contribution >= 4 is 6.09 Å². The Labute approximate surface area is 110 Å². The standard InChI is InChI=1S/C14H26N2O2/c1-10(15)11-5-8-16(14(9-11)6-7-14)12(17)18-13(2,3)4/h10-11H,5-9,15H2,1-4H3. The van der Waals surface area contributed by atoms with Crippen molar-refractivity contribution in [1.82, 2.24) is 4.90 Å². The highest BCUT2D eigenvalue weighted by atomic mass is 16.6. The van der Waals surface area contributed by atoms with E-state index in [2.05, 4.69) is 6.92 Å². The molecular weight excluding hydrogens is 228 g/mol. The molecular formula is C14H26N2O2. The number of rotatable bonds is 1. The van der Waals surface area contributed by atoms with Crippen molar-refractivity contribution in [2.45, 2.75) is 70.6 Å². The molecule has 1 aliphatic heterocycles. The molecule has 2 atom stereocenters. The molecule has 1 heterocycles. The number of hydrogen-bond acceptors (Lipinski definition) is 3. The predicted molar refractivity (Wildman–Crippen MR) is 71.3 cm³/mol. The fraction of sp³-hybridized carbons (Fsp3) is 0.929. The third kappa shape index (κ3) is 2.79. The molecule has 1 aliphatic carbocycles. The van der Waals surface area contributed by atoms with E-state index < -0.39 is 5.60 Å². The van der Waals surface area contributed by atoms with E-state index in [1.165, 1.54) is 0 Å². The molecule has 2 rings (SSSR count). The highest BCUT2D eigenvalue weighted by Gasteiger charge is 2.54. The smallest absolute Gasteiger partial charge is 0.410 e. The Morgan fingerprint density at radius 1 is 1.44 bits per heavy atom. The van der Waals surface area contributed by atoms with Gasteiger partial charge in [-0.2, -0.15) is 0 Å². The molecule has 2 aliphatic rings. The normalized spacial score (nSPS) is 28.1. The topological polar surface area (TPSA) is 55.6 Å². The number of ether oxygens (including phenoxy) is 1. The number of piperidine rings is 1. The van der Waals surface area contributed by atoms with Crippen LogP contribution in [0, 0.1) is 5.92 Å². The van der Waals surface area contributed by atoms with Gasteiger partial charge in [-0.25, -0.2) is 4.79 Å². The molecule has 2 unspecified atom stereocenters. The van der Waals surface area contributed by atoms with Gasteiger partial charge in [-0.1, -0.05) is 0 Å².